The van der Waals surface area contributed by atoms with Crippen molar-refractivity contribution in [3.05, 3.63) is 47.2 Å². The van der Waals surface area contributed by atoms with Crippen LogP contribution in [0.5, 0.6) is 0 Å². The smallest absolute Gasteiger partial charge is 0.323 e. The van der Waals surface area contributed by atoms with Gasteiger partial charge in [-0.25, -0.2) is 13.6 Å². The van der Waals surface area contributed by atoms with E-state index in [-0.39, 0.29) is 24.8 Å². The maximum Gasteiger partial charge on any atom is 0.323 e. The molecule has 6 nitrogen and oxygen atoms in total. The van der Waals surface area contributed by atoms with E-state index < -0.39 is 17.7 Å². The molecular weight excluding hydrogens is 330 g/mol. The van der Waals surface area contributed by atoms with Crippen molar-refractivity contribution in [1.29, 1.82) is 0 Å². The number of nitrogens with zero attached hydrogens (tertiary/aromatic N) is 3. The Kier molecular flexibility index (Phi) is 6.08. The van der Waals surface area contributed by atoms with Crippen LogP contribution in [-0.2, 0) is 18.3 Å². The maximum atomic E-state index is 14.0. The number of carbonyl (C=O) groups excluding carboxylic acids is 1. The quantitative estimate of drug-likeness (QED) is 0.869. The van der Waals surface area contributed by atoms with E-state index in [1.807, 2.05) is 6.92 Å². The van der Waals surface area contributed by atoms with Gasteiger partial charge in [-0.15, -0.1) is 0 Å². The van der Waals surface area contributed by atoms with Crippen LogP contribution in [0.2, 0.25) is 0 Å². The third-order valence-corrected chi connectivity index (χ3v) is 3.79. The first-order valence-electron chi connectivity index (χ1n) is 7.83. The molecule has 0 saturated heterocycles. The van der Waals surface area contributed by atoms with Crippen LogP contribution in [0, 0.1) is 18.6 Å². The van der Waals surface area contributed by atoms with Crippen molar-refractivity contribution in [1.82, 2.24) is 14.7 Å². The lowest BCUT2D eigenvalue weighted by Crippen LogP contribution is -2.43. The number of benzene rings is 1. The van der Waals surface area contributed by atoms with E-state index >= 15 is 0 Å². The number of nitrogens with one attached hydrogen (secondary N) is 1. The molecule has 1 aromatic heterocycles. The summed E-state index contributed by atoms with van der Waals surface area (Å²) in [5.41, 5.74) is 0.852. The van der Waals surface area contributed by atoms with Gasteiger partial charge in [0.1, 0.15) is 17.5 Å². The van der Waals surface area contributed by atoms with Gasteiger partial charge in [-0.2, -0.15) is 5.10 Å². The number of hydrogen-bond acceptors (Lipinski definition) is 3. The third kappa shape index (κ3) is 4.76. The summed E-state index contributed by atoms with van der Waals surface area (Å²) in [6.45, 7) is 3.75. The largest absolute Gasteiger partial charge is 0.383 e. The molecule has 0 aliphatic carbocycles. The molecular formula is C17H22F2N4O2. The molecule has 2 rings (SSSR count). The van der Waals surface area contributed by atoms with E-state index in [9.17, 15) is 13.6 Å². The lowest BCUT2D eigenvalue weighted by atomic mass is 10.1. The average Bonchev–Trinajstić information content (AvgIpc) is 2.85. The standard InChI is InChI=1S/C17H22F2N4O2/c1-11-7-16(22(3)21-11)20-17(24)23(12(2)10-25-4)9-13-8-14(18)5-6-15(13)19/h5-8,12H,9-10H2,1-4H3,(H,20,24)/t12-/m0/s1. The van der Waals surface area contributed by atoms with E-state index in [4.69, 9.17) is 4.74 Å². The second-order valence-corrected chi connectivity index (χ2v) is 5.89. The number of urea groups is 1. The van der Waals surface area contributed by atoms with Gasteiger partial charge in [0.05, 0.1) is 24.9 Å². The molecule has 1 N–H and O–H groups in total. The monoisotopic (exact) mass is 352 g/mol. The van der Waals surface area contributed by atoms with Crippen molar-refractivity contribution < 1.29 is 18.3 Å². The Morgan fingerprint density at radius 1 is 1.40 bits per heavy atom. The summed E-state index contributed by atoms with van der Waals surface area (Å²) < 4.78 is 34.0. The van der Waals surface area contributed by atoms with Gasteiger partial charge in [0.2, 0.25) is 0 Å². The molecule has 2 amide bonds. The zero-order valence-electron chi connectivity index (χ0n) is 14.7. The number of methoxy groups -OCH3 is 1. The van der Waals surface area contributed by atoms with Gasteiger partial charge >= 0.3 is 6.03 Å². The fourth-order valence-electron chi connectivity index (χ4n) is 2.52. The molecule has 1 aromatic carbocycles. The Balaban J connectivity index is 2.24. The highest BCUT2D eigenvalue weighted by Crippen LogP contribution is 2.17. The van der Waals surface area contributed by atoms with Crippen LogP contribution in [0.3, 0.4) is 0 Å². The number of carbonyl (C=O) groups is 1. The van der Waals surface area contributed by atoms with E-state index in [0.717, 1.165) is 23.9 Å². The van der Waals surface area contributed by atoms with E-state index in [1.165, 1.54) is 16.7 Å². The van der Waals surface area contributed by atoms with Gasteiger partial charge in [0.15, 0.2) is 0 Å². The lowest BCUT2D eigenvalue weighted by molar-refractivity contribution is 0.112. The fourth-order valence-corrected chi connectivity index (χ4v) is 2.52. The highest BCUT2D eigenvalue weighted by atomic mass is 19.1. The predicted octanol–water partition coefficient (Wildman–Crippen LogP) is 3.08. The zero-order chi connectivity index (χ0) is 18.6. The molecule has 8 heteroatoms. The number of halogens is 2. The summed E-state index contributed by atoms with van der Waals surface area (Å²) in [4.78, 5) is 14.1. The number of amides is 2. The minimum absolute atomic E-state index is 0.0865. The van der Waals surface area contributed by atoms with Crippen LogP contribution in [-0.4, -0.2) is 40.5 Å². The summed E-state index contributed by atoms with van der Waals surface area (Å²) in [5, 5.41) is 6.90. The van der Waals surface area contributed by atoms with Gasteiger partial charge in [-0.1, -0.05) is 0 Å². The lowest BCUT2D eigenvalue weighted by Gasteiger charge is -2.29. The first kappa shape index (κ1) is 18.9. The number of anilines is 1. The summed E-state index contributed by atoms with van der Waals surface area (Å²) >= 11 is 0. The first-order chi connectivity index (χ1) is 11.8. The van der Waals surface area contributed by atoms with Crippen LogP contribution in [0.25, 0.3) is 0 Å². The Hall–Kier alpha value is -2.48. The molecule has 0 aliphatic rings. The molecule has 25 heavy (non-hydrogen) atoms. The van der Waals surface area contributed by atoms with Gasteiger partial charge in [0, 0.05) is 25.8 Å². The molecule has 1 atom stereocenters. The van der Waals surface area contributed by atoms with Gasteiger partial charge in [-0.3, -0.25) is 10.00 Å². The van der Waals surface area contributed by atoms with Crippen molar-refractivity contribution in [2.75, 3.05) is 19.0 Å². The van der Waals surface area contributed by atoms with Crippen molar-refractivity contribution in [3.63, 3.8) is 0 Å². The number of ether oxygens (including phenoxy) is 1. The molecule has 0 spiro atoms. The van der Waals surface area contributed by atoms with E-state index in [1.54, 1.807) is 20.0 Å². The molecule has 136 valence electrons. The Bertz CT molecular complexity index is 748. The molecule has 2 aromatic rings. The predicted molar refractivity (Wildman–Crippen MR) is 90.2 cm³/mol. The van der Waals surface area contributed by atoms with Crippen LogP contribution >= 0.6 is 0 Å². The van der Waals surface area contributed by atoms with Crippen molar-refractivity contribution in [2.45, 2.75) is 26.4 Å². The van der Waals surface area contributed by atoms with Gasteiger partial charge < -0.3 is 9.64 Å². The Labute approximate surface area is 145 Å². The topological polar surface area (TPSA) is 59.4 Å². The molecule has 0 unspecified atom stereocenters. The third-order valence-electron chi connectivity index (χ3n) is 3.79. The maximum absolute atomic E-state index is 14.0. The van der Waals surface area contributed by atoms with Crippen molar-refractivity contribution in [3.8, 4) is 0 Å². The number of hydrogen-bond donors (Lipinski definition) is 1. The van der Waals surface area contributed by atoms with Crippen LogP contribution in [0.15, 0.2) is 24.3 Å². The van der Waals surface area contributed by atoms with E-state index in [2.05, 4.69) is 10.4 Å². The molecule has 1 heterocycles. The highest BCUT2D eigenvalue weighted by molar-refractivity contribution is 5.88. The second kappa shape index (κ2) is 8.06. The normalized spacial score (nSPS) is 12.1. The van der Waals surface area contributed by atoms with E-state index in [0.29, 0.717) is 5.82 Å². The molecule has 0 bridgehead atoms. The highest BCUT2D eigenvalue weighted by Gasteiger charge is 2.23. The summed E-state index contributed by atoms with van der Waals surface area (Å²) in [7, 11) is 3.22. The van der Waals surface area contributed by atoms with Crippen LogP contribution in [0.1, 0.15) is 18.2 Å². The number of aromatic nitrogens is 2. The molecule has 0 saturated carbocycles. The number of rotatable bonds is 6. The zero-order valence-corrected chi connectivity index (χ0v) is 14.7. The SMILES string of the molecule is COC[C@H](C)N(Cc1cc(F)ccc1F)C(=O)Nc1cc(C)nn1C. The van der Waals surface area contributed by atoms with Gasteiger partial charge in [-0.05, 0) is 32.0 Å². The number of aryl methyl sites for hydroxylation is 2. The molecule has 0 radical (unpaired) electrons. The van der Waals surface area contributed by atoms with Crippen LogP contribution < -0.4 is 5.32 Å². The first-order valence-corrected chi connectivity index (χ1v) is 7.83. The minimum Gasteiger partial charge on any atom is -0.383 e. The Morgan fingerprint density at radius 3 is 2.72 bits per heavy atom. The average molecular weight is 352 g/mol. The molecule has 0 aliphatic heterocycles. The fraction of sp³-hybridized carbons (Fsp3) is 0.412. The Morgan fingerprint density at radius 2 is 2.12 bits per heavy atom. The molecule has 0 fully saturated rings. The minimum atomic E-state index is -0.569. The second-order valence-electron chi connectivity index (χ2n) is 5.89. The summed E-state index contributed by atoms with van der Waals surface area (Å²) in [5.74, 6) is -0.615. The van der Waals surface area contributed by atoms with Gasteiger partial charge in [0.25, 0.3) is 0 Å². The van der Waals surface area contributed by atoms with Crippen molar-refractivity contribution in [2.24, 2.45) is 7.05 Å². The summed E-state index contributed by atoms with van der Waals surface area (Å²) in [6.07, 6.45) is 0. The van der Waals surface area contributed by atoms with Crippen molar-refractivity contribution >= 4 is 11.8 Å². The summed E-state index contributed by atoms with van der Waals surface area (Å²) in [6, 6.07) is 4.11. The van der Waals surface area contributed by atoms with Crippen LogP contribution in [0.4, 0.5) is 19.4 Å².